The van der Waals surface area contributed by atoms with E-state index in [4.69, 9.17) is 0 Å². The maximum Gasteiger partial charge on any atom is 0.159 e. The molecular weight excluding hydrogens is 188 g/mol. The highest BCUT2D eigenvalue weighted by molar-refractivity contribution is 6.05. The molecule has 0 N–H and O–H groups in total. The molecule has 80 valence electrons. The summed E-state index contributed by atoms with van der Waals surface area (Å²) in [4.78, 5) is 24.0. The van der Waals surface area contributed by atoms with Gasteiger partial charge < -0.3 is 0 Å². The van der Waals surface area contributed by atoms with Gasteiger partial charge in [-0.2, -0.15) is 0 Å². The van der Waals surface area contributed by atoms with Crippen LogP contribution in [0.5, 0.6) is 0 Å². The van der Waals surface area contributed by atoms with E-state index in [1.54, 1.807) is 0 Å². The van der Waals surface area contributed by atoms with E-state index in [0.29, 0.717) is 18.0 Å². The van der Waals surface area contributed by atoms with Gasteiger partial charge in [-0.3, -0.25) is 9.59 Å². The molecule has 0 heterocycles. The molecule has 2 atom stereocenters. The van der Waals surface area contributed by atoms with Crippen molar-refractivity contribution in [2.45, 2.75) is 39.5 Å². The summed E-state index contributed by atoms with van der Waals surface area (Å²) in [6.07, 6.45) is 3.51. The maximum absolute atomic E-state index is 12.2. The lowest BCUT2D eigenvalue weighted by atomic mass is 9.69. The first kappa shape index (κ1) is 9.32. The number of ketones is 2. The molecule has 3 aliphatic rings. The van der Waals surface area contributed by atoms with E-state index in [-0.39, 0.29) is 17.3 Å². The quantitative estimate of drug-likeness (QED) is 0.606. The number of carbonyl (C=O) groups excluding carboxylic acids is 2. The first-order valence-electron chi connectivity index (χ1n) is 5.87. The summed E-state index contributed by atoms with van der Waals surface area (Å²) in [7, 11) is 0. The number of Topliss-reactive ketones (excluding diaryl/α,β-unsaturated/α-hetero) is 2. The van der Waals surface area contributed by atoms with Crippen molar-refractivity contribution in [2.24, 2.45) is 17.3 Å². The van der Waals surface area contributed by atoms with Crippen LogP contribution in [0.3, 0.4) is 0 Å². The molecule has 2 nitrogen and oxygen atoms in total. The van der Waals surface area contributed by atoms with Gasteiger partial charge in [-0.25, -0.2) is 0 Å². The molecule has 0 saturated heterocycles. The highest BCUT2D eigenvalue weighted by Crippen LogP contribution is 2.60. The zero-order valence-corrected chi connectivity index (χ0v) is 9.30. The standard InChI is InChI=1S/C13H16O2/c1-7-9-3-4-10(14)11(9)8(2)13(5-6-13)12(7)15/h7,9H,3-6H2,1-2H3. The normalized spacial score (nSPS) is 37.5. The van der Waals surface area contributed by atoms with Crippen molar-refractivity contribution in [1.29, 1.82) is 0 Å². The zero-order chi connectivity index (χ0) is 10.8. The van der Waals surface area contributed by atoms with E-state index in [2.05, 4.69) is 0 Å². The molecule has 0 radical (unpaired) electrons. The minimum atomic E-state index is -0.189. The van der Waals surface area contributed by atoms with Crippen LogP contribution in [0.1, 0.15) is 39.5 Å². The van der Waals surface area contributed by atoms with Crippen LogP contribution in [-0.4, -0.2) is 11.6 Å². The molecule has 15 heavy (non-hydrogen) atoms. The average Bonchev–Trinajstić information content (AvgIpc) is 2.93. The number of allylic oxidation sites excluding steroid dienone is 2. The molecule has 2 unspecified atom stereocenters. The Hall–Kier alpha value is -0.920. The van der Waals surface area contributed by atoms with Gasteiger partial charge in [0.25, 0.3) is 0 Å². The minimum absolute atomic E-state index is 0.0812. The second-order valence-corrected chi connectivity index (χ2v) is 5.34. The maximum atomic E-state index is 12.2. The van der Waals surface area contributed by atoms with Crippen LogP contribution in [0, 0.1) is 17.3 Å². The lowest BCUT2D eigenvalue weighted by Crippen LogP contribution is -2.35. The van der Waals surface area contributed by atoms with E-state index in [9.17, 15) is 9.59 Å². The molecule has 3 rings (SSSR count). The van der Waals surface area contributed by atoms with Crippen LogP contribution in [0.15, 0.2) is 11.1 Å². The molecule has 0 amide bonds. The molecule has 0 aromatic heterocycles. The lowest BCUT2D eigenvalue weighted by molar-refractivity contribution is -0.128. The van der Waals surface area contributed by atoms with Gasteiger partial charge in [0.1, 0.15) is 5.78 Å². The SMILES string of the molecule is CC1=C2C(=O)CCC2C(C)C(=O)C12CC2. The third-order valence-electron chi connectivity index (χ3n) is 4.71. The predicted molar refractivity (Wildman–Crippen MR) is 56.3 cm³/mol. The molecule has 2 saturated carbocycles. The van der Waals surface area contributed by atoms with Crippen molar-refractivity contribution in [2.75, 3.05) is 0 Å². The number of fused-ring (bicyclic) bond motifs is 1. The van der Waals surface area contributed by atoms with Gasteiger partial charge in [0.2, 0.25) is 0 Å². The van der Waals surface area contributed by atoms with Crippen molar-refractivity contribution in [3.8, 4) is 0 Å². The second kappa shape index (κ2) is 2.60. The monoisotopic (exact) mass is 204 g/mol. The fourth-order valence-electron chi connectivity index (χ4n) is 3.57. The Balaban J connectivity index is 2.18. The first-order chi connectivity index (χ1) is 7.08. The van der Waals surface area contributed by atoms with Crippen LogP contribution in [-0.2, 0) is 9.59 Å². The Morgan fingerprint density at radius 2 is 1.93 bits per heavy atom. The average molecular weight is 204 g/mol. The molecule has 0 aromatic rings. The van der Waals surface area contributed by atoms with Crippen LogP contribution < -0.4 is 0 Å². The first-order valence-corrected chi connectivity index (χ1v) is 5.87. The molecule has 3 aliphatic carbocycles. The highest BCUT2D eigenvalue weighted by Gasteiger charge is 2.59. The summed E-state index contributed by atoms with van der Waals surface area (Å²) >= 11 is 0. The van der Waals surface area contributed by atoms with Crippen molar-refractivity contribution in [3.63, 3.8) is 0 Å². The van der Waals surface area contributed by atoms with E-state index in [1.807, 2.05) is 13.8 Å². The highest BCUT2D eigenvalue weighted by atomic mass is 16.1. The van der Waals surface area contributed by atoms with Gasteiger partial charge in [-0.1, -0.05) is 12.5 Å². The third-order valence-corrected chi connectivity index (χ3v) is 4.71. The van der Waals surface area contributed by atoms with Gasteiger partial charge >= 0.3 is 0 Å². The topological polar surface area (TPSA) is 34.1 Å². The fourth-order valence-corrected chi connectivity index (χ4v) is 3.57. The summed E-state index contributed by atoms with van der Waals surface area (Å²) in [5.41, 5.74) is 1.96. The number of hydrogen-bond donors (Lipinski definition) is 0. The lowest BCUT2D eigenvalue weighted by Gasteiger charge is -2.32. The minimum Gasteiger partial charge on any atom is -0.298 e. The third kappa shape index (κ3) is 0.952. The van der Waals surface area contributed by atoms with Gasteiger partial charge in [0.05, 0.1) is 5.41 Å². The molecule has 1 spiro atoms. The van der Waals surface area contributed by atoms with Gasteiger partial charge in [-0.05, 0) is 37.7 Å². The molecule has 2 fully saturated rings. The number of hydrogen-bond acceptors (Lipinski definition) is 2. The molecule has 0 aliphatic heterocycles. The van der Waals surface area contributed by atoms with Crippen LogP contribution in [0.2, 0.25) is 0 Å². The number of rotatable bonds is 0. The Kier molecular flexibility index (Phi) is 1.62. The van der Waals surface area contributed by atoms with Crippen LogP contribution in [0.4, 0.5) is 0 Å². The van der Waals surface area contributed by atoms with Crippen molar-refractivity contribution in [3.05, 3.63) is 11.1 Å². The van der Waals surface area contributed by atoms with Crippen molar-refractivity contribution < 1.29 is 9.59 Å². The summed E-state index contributed by atoms with van der Waals surface area (Å²) < 4.78 is 0. The summed E-state index contributed by atoms with van der Waals surface area (Å²) in [5.74, 6) is 1.04. The Labute approximate surface area is 89.7 Å². The van der Waals surface area contributed by atoms with Gasteiger partial charge in [0.15, 0.2) is 5.78 Å². The van der Waals surface area contributed by atoms with E-state index < -0.39 is 0 Å². The smallest absolute Gasteiger partial charge is 0.159 e. The van der Waals surface area contributed by atoms with Gasteiger partial charge in [0, 0.05) is 12.3 Å². The summed E-state index contributed by atoms with van der Waals surface area (Å²) in [6.45, 7) is 4.03. The van der Waals surface area contributed by atoms with E-state index in [0.717, 1.165) is 30.4 Å². The van der Waals surface area contributed by atoms with E-state index >= 15 is 0 Å². The van der Waals surface area contributed by atoms with Crippen LogP contribution in [0.25, 0.3) is 0 Å². The largest absolute Gasteiger partial charge is 0.298 e. The summed E-state index contributed by atoms with van der Waals surface area (Å²) in [5, 5.41) is 0. The Morgan fingerprint density at radius 3 is 2.53 bits per heavy atom. The zero-order valence-electron chi connectivity index (χ0n) is 9.30. The molecule has 2 heteroatoms. The fraction of sp³-hybridized carbons (Fsp3) is 0.692. The van der Waals surface area contributed by atoms with Gasteiger partial charge in [-0.15, -0.1) is 0 Å². The molecule has 0 aromatic carbocycles. The second-order valence-electron chi connectivity index (χ2n) is 5.34. The predicted octanol–water partition coefficient (Wildman–Crippen LogP) is 2.28. The van der Waals surface area contributed by atoms with Crippen molar-refractivity contribution in [1.82, 2.24) is 0 Å². The molecule has 0 bridgehead atoms. The molecular formula is C13H16O2. The van der Waals surface area contributed by atoms with E-state index in [1.165, 1.54) is 0 Å². The Bertz CT molecular complexity index is 399. The Morgan fingerprint density at radius 1 is 1.27 bits per heavy atom. The number of carbonyl (C=O) groups is 2. The van der Waals surface area contributed by atoms with Crippen LogP contribution >= 0.6 is 0 Å². The van der Waals surface area contributed by atoms with Crippen molar-refractivity contribution >= 4 is 11.6 Å². The summed E-state index contributed by atoms with van der Waals surface area (Å²) in [6, 6.07) is 0.